The Bertz CT molecular complexity index is 1800. The molecule has 4 aromatic rings. The van der Waals surface area contributed by atoms with Crippen molar-refractivity contribution in [3.8, 4) is 33.5 Å². The molecule has 7 heteroatoms. The van der Waals surface area contributed by atoms with Crippen LogP contribution in [0.15, 0.2) is 72.9 Å². The lowest BCUT2D eigenvalue weighted by atomic mass is 9.97. The quantitative estimate of drug-likeness (QED) is 0.236. The number of likely N-dealkylation sites (tertiary alicyclic amines) is 1. The fourth-order valence-corrected chi connectivity index (χ4v) is 6.86. The predicted molar refractivity (Wildman–Crippen MR) is 171 cm³/mol. The second-order valence-electron chi connectivity index (χ2n) is 13.3. The summed E-state index contributed by atoms with van der Waals surface area (Å²) in [6, 6.07) is 17.8. The molecule has 3 aromatic carbocycles. The van der Waals surface area contributed by atoms with Crippen LogP contribution in [0.2, 0.25) is 0 Å². The van der Waals surface area contributed by atoms with Crippen molar-refractivity contribution in [2.75, 3.05) is 6.54 Å². The third-order valence-corrected chi connectivity index (χ3v) is 10.1. The number of aromatic nitrogens is 2. The molecule has 3 N–H and O–H groups in total. The lowest BCUT2D eigenvalue weighted by molar-refractivity contribution is -0.134. The molecule has 0 unspecified atom stereocenters. The van der Waals surface area contributed by atoms with Gasteiger partial charge >= 0.3 is 0 Å². The molecule has 1 aliphatic heterocycles. The Balaban J connectivity index is 1.18. The van der Waals surface area contributed by atoms with E-state index >= 15 is 8.78 Å². The zero-order chi connectivity index (χ0) is 31.0. The summed E-state index contributed by atoms with van der Waals surface area (Å²) in [5.41, 5.74) is 12.8. The van der Waals surface area contributed by atoms with Gasteiger partial charge in [-0.2, -0.15) is 8.78 Å². The first kappa shape index (κ1) is 28.7. The molecular formula is C37H38F2N4O. The highest BCUT2D eigenvalue weighted by Gasteiger charge is 2.55. The summed E-state index contributed by atoms with van der Waals surface area (Å²) < 4.78 is 32.1. The number of halogens is 2. The van der Waals surface area contributed by atoms with Gasteiger partial charge in [0.05, 0.1) is 24.0 Å². The molecule has 0 radical (unpaired) electrons. The maximum atomic E-state index is 16.1. The van der Waals surface area contributed by atoms with Gasteiger partial charge in [-0.25, -0.2) is 4.98 Å². The van der Waals surface area contributed by atoms with E-state index < -0.39 is 12.0 Å². The van der Waals surface area contributed by atoms with Crippen molar-refractivity contribution in [1.29, 1.82) is 0 Å². The molecule has 0 bridgehead atoms. The van der Waals surface area contributed by atoms with E-state index in [2.05, 4.69) is 23.0 Å². The van der Waals surface area contributed by atoms with Crippen LogP contribution in [-0.4, -0.2) is 33.4 Å². The SMILES string of the molecule is C/C=C(\C)c1ccc(-c2ccc3c(c2)C(F)(F)c2cc(-c4cnc([C@@H]5CC6(CC6)CN5C(=O)[C@@H](N)C(C)C)[nH]4)ccc2-3)cc1. The second kappa shape index (κ2) is 10.2. The number of benzene rings is 3. The second-order valence-corrected chi connectivity index (χ2v) is 13.3. The van der Waals surface area contributed by atoms with E-state index in [1.54, 1.807) is 24.4 Å². The molecule has 44 heavy (non-hydrogen) atoms. The molecule has 5 nitrogen and oxygen atoms in total. The molecule has 7 rings (SSSR count). The van der Waals surface area contributed by atoms with Crippen LogP contribution < -0.4 is 5.73 Å². The van der Waals surface area contributed by atoms with Crippen LogP contribution in [0.5, 0.6) is 0 Å². The Morgan fingerprint density at radius 3 is 2.23 bits per heavy atom. The first-order valence-corrected chi connectivity index (χ1v) is 15.5. The number of alkyl halides is 2. The van der Waals surface area contributed by atoms with Gasteiger partial charge in [0.15, 0.2) is 0 Å². The minimum absolute atomic E-state index is 0.00475. The first-order chi connectivity index (χ1) is 21.0. The Morgan fingerprint density at radius 1 is 1.00 bits per heavy atom. The van der Waals surface area contributed by atoms with Crippen molar-refractivity contribution in [3.05, 3.63) is 95.5 Å². The Labute approximate surface area is 257 Å². The summed E-state index contributed by atoms with van der Waals surface area (Å²) in [6.07, 6.45) is 6.78. The average Bonchev–Trinajstić information content (AvgIpc) is 3.35. The van der Waals surface area contributed by atoms with Gasteiger partial charge in [-0.15, -0.1) is 0 Å². The van der Waals surface area contributed by atoms with Crippen molar-refractivity contribution >= 4 is 11.5 Å². The summed E-state index contributed by atoms with van der Waals surface area (Å²) in [5, 5.41) is 0. The van der Waals surface area contributed by atoms with Crippen LogP contribution in [0.4, 0.5) is 8.78 Å². The fraction of sp³-hybridized carbons (Fsp3) is 0.351. The number of imidazole rings is 1. The summed E-state index contributed by atoms with van der Waals surface area (Å²) >= 11 is 0. The predicted octanol–water partition coefficient (Wildman–Crippen LogP) is 8.32. The Kier molecular flexibility index (Phi) is 6.66. The molecular weight excluding hydrogens is 554 g/mol. The van der Waals surface area contributed by atoms with Crippen molar-refractivity contribution < 1.29 is 13.6 Å². The van der Waals surface area contributed by atoms with Gasteiger partial charge in [0.1, 0.15) is 5.82 Å². The molecule has 2 fully saturated rings. The van der Waals surface area contributed by atoms with Gasteiger partial charge in [-0.3, -0.25) is 4.79 Å². The van der Waals surface area contributed by atoms with E-state index in [1.807, 2.05) is 68.1 Å². The summed E-state index contributed by atoms with van der Waals surface area (Å²) in [5.74, 6) is -2.47. The van der Waals surface area contributed by atoms with E-state index in [-0.39, 0.29) is 34.4 Å². The standard InChI is InChI=1S/C37H38F2N4O/c1-5-22(4)23-6-8-24(9-7-23)25-10-12-27-28-13-11-26(17-30(28)37(38,39)29(27)16-25)31-19-41-34(42-31)32-18-36(14-15-36)20-43(32)35(44)33(40)21(2)3/h5-13,16-17,19,21,32-33H,14-15,18,20,40H2,1-4H3,(H,41,42)/b22-5+/t32-,33-/m0/s1. The zero-order valence-electron chi connectivity index (χ0n) is 25.6. The number of nitrogens with one attached hydrogen (secondary N) is 1. The number of amides is 1. The van der Waals surface area contributed by atoms with Crippen LogP contribution in [0, 0.1) is 11.3 Å². The molecule has 1 saturated carbocycles. The number of H-pyrrole nitrogens is 1. The molecule has 2 heterocycles. The molecule has 1 aromatic heterocycles. The smallest absolute Gasteiger partial charge is 0.299 e. The Morgan fingerprint density at radius 2 is 1.61 bits per heavy atom. The zero-order valence-corrected chi connectivity index (χ0v) is 25.6. The Hall–Kier alpha value is -4.10. The van der Waals surface area contributed by atoms with E-state index in [0.29, 0.717) is 34.8 Å². The highest BCUT2D eigenvalue weighted by molar-refractivity contribution is 5.85. The molecule has 2 aliphatic carbocycles. The molecule has 3 aliphatic rings. The van der Waals surface area contributed by atoms with Crippen LogP contribution in [-0.2, 0) is 10.7 Å². The summed E-state index contributed by atoms with van der Waals surface area (Å²) in [4.78, 5) is 23.2. The van der Waals surface area contributed by atoms with Crippen molar-refractivity contribution in [2.24, 2.45) is 17.1 Å². The first-order valence-electron chi connectivity index (χ1n) is 15.5. The highest BCUT2D eigenvalue weighted by Crippen LogP contribution is 2.58. The molecule has 1 amide bonds. The number of carbonyl (C=O) groups is 1. The van der Waals surface area contributed by atoms with E-state index in [1.165, 1.54) is 5.57 Å². The number of nitrogens with two attached hydrogens (primary N) is 1. The monoisotopic (exact) mass is 592 g/mol. The molecule has 226 valence electrons. The van der Waals surface area contributed by atoms with Crippen LogP contribution in [0.25, 0.3) is 39.1 Å². The normalized spacial score (nSPS) is 20.2. The minimum Gasteiger partial charge on any atom is -0.340 e. The van der Waals surface area contributed by atoms with Gasteiger partial charge in [0, 0.05) is 23.2 Å². The number of carbonyl (C=O) groups excluding carboxylic acids is 1. The number of rotatable bonds is 6. The maximum absolute atomic E-state index is 16.1. The van der Waals surface area contributed by atoms with Gasteiger partial charge in [0.2, 0.25) is 5.91 Å². The third kappa shape index (κ3) is 4.60. The van der Waals surface area contributed by atoms with Crippen molar-refractivity contribution in [3.63, 3.8) is 0 Å². The van der Waals surface area contributed by atoms with E-state index in [4.69, 9.17) is 5.73 Å². The van der Waals surface area contributed by atoms with Crippen LogP contribution >= 0.6 is 0 Å². The number of fused-ring (bicyclic) bond motifs is 3. The van der Waals surface area contributed by atoms with Gasteiger partial charge < -0.3 is 15.6 Å². The third-order valence-electron chi connectivity index (χ3n) is 10.1. The van der Waals surface area contributed by atoms with E-state index in [0.717, 1.165) is 36.0 Å². The largest absolute Gasteiger partial charge is 0.340 e. The van der Waals surface area contributed by atoms with Gasteiger partial charge in [-0.05, 0) is 90.0 Å². The van der Waals surface area contributed by atoms with Crippen molar-refractivity contribution in [1.82, 2.24) is 14.9 Å². The number of allylic oxidation sites excluding steroid dienone is 2. The summed E-state index contributed by atoms with van der Waals surface area (Å²) in [7, 11) is 0. The minimum atomic E-state index is -3.14. The molecule has 1 saturated heterocycles. The van der Waals surface area contributed by atoms with Crippen LogP contribution in [0.1, 0.15) is 75.5 Å². The fourth-order valence-electron chi connectivity index (χ4n) is 6.86. The van der Waals surface area contributed by atoms with Gasteiger partial charge in [0.25, 0.3) is 5.92 Å². The van der Waals surface area contributed by atoms with E-state index in [9.17, 15) is 4.79 Å². The maximum Gasteiger partial charge on any atom is 0.299 e. The average molecular weight is 593 g/mol. The lowest BCUT2D eigenvalue weighted by Gasteiger charge is -2.27. The summed E-state index contributed by atoms with van der Waals surface area (Å²) in [6.45, 7) is 8.66. The highest BCUT2D eigenvalue weighted by atomic mass is 19.3. The molecule has 2 atom stereocenters. The topological polar surface area (TPSA) is 75.0 Å². The molecule has 1 spiro atoms. The number of hydrogen-bond acceptors (Lipinski definition) is 3. The number of aromatic amines is 1. The van der Waals surface area contributed by atoms with Gasteiger partial charge in [-0.1, -0.05) is 68.5 Å². The van der Waals surface area contributed by atoms with Crippen molar-refractivity contribution in [2.45, 2.75) is 65.0 Å². The number of nitrogens with zero attached hydrogens (tertiary/aromatic N) is 2. The van der Waals surface area contributed by atoms with Crippen LogP contribution in [0.3, 0.4) is 0 Å². The number of hydrogen-bond donors (Lipinski definition) is 2. The lowest BCUT2D eigenvalue weighted by Crippen LogP contribution is -2.46.